The molecule has 1 atom stereocenters. The first-order valence-corrected chi connectivity index (χ1v) is 4.73. The summed E-state index contributed by atoms with van der Waals surface area (Å²) in [6, 6.07) is 10.1. The molecule has 1 unspecified atom stereocenters. The minimum atomic E-state index is 0. The zero-order chi connectivity index (χ0) is 11.1. The number of nitrogens with zero attached hydrogens (tertiary/aromatic N) is 1. The van der Waals surface area contributed by atoms with E-state index in [1.807, 2.05) is 6.08 Å². The molecule has 2 heteroatoms. The van der Waals surface area contributed by atoms with Crippen molar-refractivity contribution in [1.82, 2.24) is 0 Å². The van der Waals surface area contributed by atoms with E-state index < -0.39 is 0 Å². The summed E-state index contributed by atoms with van der Waals surface area (Å²) in [6.07, 6.45) is 7.49. The molecule has 16 heavy (non-hydrogen) atoms. The normalized spacial score (nSPS) is 14.6. The maximum atomic E-state index is 7.51. The van der Waals surface area contributed by atoms with Crippen LogP contribution in [0, 0.1) is 11.3 Å². The van der Waals surface area contributed by atoms with Crippen molar-refractivity contribution in [3.63, 3.8) is 0 Å². The number of nitriles is 1. The molecule has 0 aromatic heterocycles. The highest BCUT2D eigenvalue weighted by Crippen LogP contribution is 2.29. The predicted molar refractivity (Wildman–Crippen MR) is 71.5 cm³/mol. The van der Waals surface area contributed by atoms with Crippen LogP contribution in [0.2, 0.25) is 0 Å². The first-order chi connectivity index (χ1) is 7.33. The Morgan fingerprint density at radius 3 is 2.44 bits per heavy atom. The van der Waals surface area contributed by atoms with Gasteiger partial charge >= 0.3 is 0 Å². The summed E-state index contributed by atoms with van der Waals surface area (Å²) in [5, 5.41) is 7.51. The molecule has 0 saturated heterocycles. The first kappa shape index (κ1) is 14.2. The fourth-order valence-corrected chi connectivity index (χ4v) is 1.48. The number of fused-ring (bicyclic) bond motifs is 1. The van der Waals surface area contributed by atoms with Gasteiger partial charge in [0, 0.05) is 12.0 Å². The molecule has 1 nitrogen and oxygen atoms in total. The van der Waals surface area contributed by atoms with Gasteiger partial charge in [-0.15, -0.1) is 19.0 Å². The van der Waals surface area contributed by atoms with Gasteiger partial charge in [-0.05, 0) is 11.1 Å². The zero-order valence-corrected chi connectivity index (χ0v) is 9.78. The number of allylic oxidation sites excluding steroid dienone is 3. The number of hydrogen-bond acceptors (Lipinski definition) is 1. The van der Waals surface area contributed by atoms with Gasteiger partial charge in [-0.25, -0.2) is 0 Å². The third-order valence-electron chi connectivity index (χ3n) is 2.18. The van der Waals surface area contributed by atoms with Crippen LogP contribution in [0.25, 0.3) is 6.08 Å². The average molecular weight is 232 g/mol. The van der Waals surface area contributed by atoms with E-state index in [4.69, 9.17) is 5.26 Å². The predicted octanol–water partition coefficient (Wildman–Crippen LogP) is 4.10. The van der Waals surface area contributed by atoms with Crippen molar-refractivity contribution in [2.45, 2.75) is 5.92 Å². The van der Waals surface area contributed by atoms with Crippen molar-refractivity contribution in [2.24, 2.45) is 0 Å². The van der Waals surface area contributed by atoms with Crippen LogP contribution in [0.3, 0.4) is 0 Å². The number of rotatable bonds is 1. The van der Waals surface area contributed by atoms with Crippen LogP contribution in [0.5, 0.6) is 0 Å². The van der Waals surface area contributed by atoms with E-state index in [1.54, 1.807) is 6.07 Å². The van der Waals surface area contributed by atoms with Gasteiger partial charge in [0.15, 0.2) is 0 Å². The van der Waals surface area contributed by atoms with Crippen LogP contribution in [0.1, 0.15) is 17.0 Å². The average Bonchev–Trinajstić information content (AvgIpc) is 2.72. The molecule has 0 heterocycles. The lowest BCUT2D eigenvalue weighted by molar-refractivity contribution is 1.12. The molecule has 0 saturated carbocycles. The van der Waals surface area contributed by atoms with E-state index in [9.17, 15) is 0 Å². The van der Waals surface area contributed by atoms with Crippen molar-refractivity contribution in [3.8, 4) is 6.07 Å². The van der Waals surface area contributed by atoms with Crippen molar-refractivity contribution in [3.05, 3.63) is 66.8 Å². The number of halogens is 1. The van der Waals surface area contributed by atoms with E-state index in [-0.39, 0.29) is 12.4 Å². The third kappa shape index (κ3) is 3.42. The molecule has 0 radical (unpaired) electrons. The van der Waals surface area contributed by atoms with E-state index in [1.165, 1.54) is 17.2 Å². The Hall–Kier alpha value is -1.78. The van der Waals surface area contributed by atoms with Crippen molar-refractivity contribution in [2.75, 3.05) is 0 Å². The van der Waals surface area contributed by atoms with Crippen LogP contribution >= 0.6 is 12.4 Å². The molecule has 2 rings (SSSR count). The Bertz CT molecular complexity index is 427. The Labute approximate surface area is 103 Å². The summed E-state index contributed by atoms with van der Waals surface area (Å²) in [7, 11) is 0. The highest BCUT2D eigenvalue weighted by Gasteiger charge is 2.11. The van der Waals surface area contributed by atoms with Crippen LogP contribution in [-0.4, -0.2) is 0 Å². The minimum Gasteiger partial charge on any atom is -0.193 e. The highest BCUT2D eigenvalue weighted by atomic mass is 35.5. The second-order valence-electron chi connectivity index (χ2n) is 3.08. The molecule has 1 aliphatic rings. The van der Waals surface area contributed by atoms with Gasteiger partial charge in [-0.1, -0.05) is 49.1 Å². The third-order valence-corrected chi connectivity index (χ3v) is 2.18. The second-order valence-corrected chi connectivity index (χ2v) is 3.08. The summed E-state index contributed by atoms with van der Waals surface area (Å²) in [4.78, 5) is 0. The molecule has 0 fully saturated rings. The fourth-order valence-electron chi connectivity index (χ4n) is 1.48. The van der Waals surface area contributed by atoms with Gasteiger partial charge in [0.2, 0.25) is 0 Å². The van der Waals surface area contributed by atoms with Crippen molar-refractivity contribution in [1.29, 1.82) is 5.26 Å². The minimum absolute atomic E-state index is 0. The zero-order valence-electron chi connectivity index (χ0n) is 8.97. The summed E-state index contributed by atoms with van der Waals surface area (Å²) in [5.41, 5.74) is 2.71. The molecule has 1 aromatic rings. The molecule has 0 spiro atoms. The maximum absolute atomic E-state index is 7.51. The molecule has 0 amide bonds. The van der Waals surface area contributed by atoms with E-state index >= 15 is 0 Å². The SMILES string of the molecule is C=CC#N.C=CC1C=Cc2ccccc21.Cl. The van der Waals surface area contributed by atoms with E-state index in [0.29, 0.717) is 5.92 Å². The Balaban J connectivity index is 0.000000397. The lowest BCUT2D eigenvalue weighted by Crippen LogP contribution is -1.86. The standard InChI is InChI=1S/C11H10.C3H3N.ClH/c1-2-9-7-8-10-5-3-4-6-11(9)10;1-2-3-4;/h2-9H,1H2;2H,1H2;1H. The first-order valence-electron chi connectivity index (χ1n) is 4.73. The van der Waals surface area contributed by atoms with Crippen molar-refractivity contribution >= 4 is 18.5 Å². The van der Waals surface area contributed by atoms with Crippen LogP contribution in [0.15, 0.2) is 55.7 Å². The largest absolute Gasteiger partial charge is 0.193 e. The molecule has 0 N–H and O–H groups in total. The van der Waals surface area contributed by atoms with Gasteiger partial charge in [-0.3, -0.25) is 0 Å². The van der Waals surface area contributed by atoms with Crippen LogP contribution in [0.4, 0.5) is 0 Å². The molecular weight excluding hydrogens is 218 g/mol. The highest BCUT2D eigenvalue weighted by molar-refractivity contribution is 5.85. The quantitative estimate of drug-likeness (QED) is 0.527. The van der Waals surface area contributed by atoms with Gasteiger partial charge in [0.25, 0.3) is 0 Å². The van der Waals surface area contributed by atoms with Crippen LogP contribution in [-0.2, 0) is 0 Å². The monoisotopic (exact) mass is 231 g/mol. The second kappa shape index (κ2) is 7.50. The molecule has 0 bridgehead atoms. The molecule has 0 aliphatic heterocycles. The maximum Gasteiger partial charge on any atom is 0.0905 e. The Kier molecular flexibility index (Phi) is 6.67. The summed E-state index contributed by atoms with van der Waals surface area (Å²) >= 11 is 0. The van der Waals surface area contributed by atoms with Crippen LogP contribution < -0.4 is 0 Å². The topological polar surface area (TPSA) is 23.8 Å². The smallest absolute Gasteiger partial charge is 0.0905 e. The van der Waals surface area contributed by atoms with E-state index in [2.05, 4.69) is 49.6 Å². The lowest BCUT2D eigenvalue weighted by Gasteiger charge is -2.03. The van der Waals surface area contributed by atoms with Gasteiger partial charge in [-0.2, -0.15) is 5.26 Å². The number of benzene rings is 1. The van der Waals surface area contributed by atoms with Gasteiger partial charge < -0.3 is 0 Å². The van der Waals surface area contributed by atoms with Gasteiger partial charge in [0.05, 0.1) is 6.07 Å². The lowest BCUT2D eigenvalue weighted by atomic mass is 10.0. The summed E-state index contributed by atoms with van der Waals surface area (Å²) in [6.45, 7) is 6.91. The molecule has 1 aromatic carbocycles. The Morgan fingerprint density at radius 2 is 1.88 bits per heavy atom. The number of hydrogen-bond donors (Lipinski definition) is 0. The molecular formula is C14H14ClN. The van der Waals surface area contributed by atoms with Crippen molar-refractivity contribution < 1.29 is 0 Å². The van der Waals surface area contributed by atoms with E-state index in [0.717, 1.165) is 0 Å². The summed E-state index contributed by atoms with van der Waals surface area (Å²) < 4.78 is 0. The Morgan fingerprint density at radius 1 is 1.25 bits per heavy atom. The molecule has 1 aliphatic carbocycles. The van der Waals surface area contributed by atoms with Gasteiger partial charge in [0.1, 0.15) is 0 Å². The summed E-state index contributed by atoms with van der Waals surface area (Å²) in [5.74, 6) is 0.436. The molecule has 82 valence electrons. The fraction of sp³-hybridized carbons (Fsp3) is 0.0714.